The first-order valence-corrected chi connectivity index (χ1v) is 9.48. The quantitative estimate of drug-likeness (QED) is 0.301. The summed E-state index contributed by atoms with van der Waals surface area (Å²) >= 11 is 0. The molecule has 0 spiro atoms. The lowest BCUT2D eigenvalue weighted by Crippen LogP contribution is -2.35. The molecule has 2 amide bonds. The van der Waals surface area contributed by atoms with Crippen LogP contribution in [0, 0.1) is 0 Å². The summed E-state index contributed by atoms with van der Waals surface area (Å²) in [5, 5.41) is 5.60. The lowest BCUT2D eigenvalue weighted by atomic mass is 10.1. The molecule has 3 heteroatoms. The topological polar surface area (TPSA) is 41.1 Å². The first kappa shape index (κ1) is 21.0. The first-order valence-electron chi connectivity index (χ1n) is 9.48. The zero-order valence-corrected chi connectivity index (χ0v) is 15.0. The van der Waals surface area contributed by atoms with E-state index >= 15 is 0 Å². The number of nitrogens with one attached hydrogen (secondary N) is 2. The molecule has 22 heavy (non-hydrogen) atoms. The van der Waals surface area contributed by atoms with Gasteiger partial charge in [0.1, 0.15) is 0 Å². The Kier molecular flexibility index (Phi) is 17.2. The summed E-state index contributed by atoms with van der Waals surface area (Å²) in [4.78, 5) is 11.1. The first-order chi connectivity index (χ1) is 10.8. The fourth-order valence-corrected chi connectivity index (χ4v) is 2.44. The molecule has 0 aromatic heterocycles. The van der Waals surface area contributed by atoms with Gasteiger partial charge in [0, 0.05) is 13.1 Å². The Hall–Kier alpha value is -0.990. The summed E-state index contributed by atoms with van der Waals surface area (Å²) in [6, 6.07) is -0.0395. The maximum atomic E-state index is 11.1. The van der Waals surface area contributed by atoms with Crippen molar-refractivity contribution < 1.29 is 4.79 Å². The predicted octanol–water partition coefficient (Wildman–Crippen LogP) is 5.56. The molecule has 0 saturated carbocycles. The van der Waals surface area contributed by atoms with Gasteiger partial charge in [0.2, 0.25) is 0 Å². The van der Waals surface area contributed by atoms with Crippen molar-refractivity contribution in [1.82, 2.24) is 10.6 Å². The molecule has 0 aromatic rings. The zero-order chi connectivity index (χ0) is 16.3. The smallest absolute Gasteiger partial charge is 0.314 e. The average molecular weight is 311 g/mol. The van der Waals surface area contributed by atoms with E-state index in [1.54, 1.807) is 0 Å². The van der Waals surface area contributed by atoms with Crippen LogP contribution in [0.25, 0.3) is 0 Å². The minimum absolute atomic E-state index is 0.0395. The molecule has 0 aliphatic heterocycles. The van der Waals surface area contributed by atoms with Gasteiger partial charge in [-0.25, -0.2) is 4.79 Å². The molecule has 0 atom stereocenters. The van der Waals surface area contributed by atoms with Crippen LogP contribution in [-0.2, 0) is 0 Å². The molecule has 0 unspecified atom stereocenters. The van der Waals surface area contributed by atoms with Crippen molar-refractivity contribution >= 4 is 6.03 Å². The minimum atomic E-state index is -0.0395. The van der Waals surface area contributed by atoms with E-state index in [4.69, 9.17) is 0 Å². The summed E-state index contributed by atoms with van der Waals surface area (Å²) in [6.07, 6.45) is 20.3. The second-order valence-electron chi connectivity index (χ2n) is 6.02. The Bertz CT molecular complexity index is 264. The molecule has 0 bridgehead atoms. The SMILES string of the molecule is CCCCCCC/C=C\CCCCCCCNC(=O)NCC. The van der Waals surface area contributed by atoms with Gasteiger partial charge in [-0.3, -0.25) is 0 Å². The summed E-state index contributed by atoms with van der Waals surface area (Å²) in [6.45, 7) is 5.68. The van der Waals surface area contributed by atoms with Crippen molar-refractivity contribution in [2.24, 2.45) is 0 Å². The number of carbonyl (C=O) groups is 1. The van der Waals surface area contributed by atoms with Gasteiger partial charge in [0.05, 0.1) is 0 Å². The maximum Gasteiger partial charge on any atom is 0.314 e. The highest BCUT2D eigenvalue weighted by Crippen LogP contribution is 2.08. The highest BCUT2D eigenvalue weighted by molar-refractivity contribution is 5.73. The Labute approximate surface area is 138 Å². The largest absolute Gasteiger partial charge is 0.338 e. The maximum absolute atomic E-state index is 11.1. The van der Waals surface area contributed by atoms with E-state index < -0.39 is 0 Å². The molecule has 0 fully saturated rings. The number of unbranched alkanes of at least 4 members (excludes halogenated alkanes) is 10. The van der Waals surface area contributed by atoms with Gasteiger partial charge in [0.25, 0.3) is 0 Å². The van der Waals surface area contributed by atoms with Gasteiger partial charge in [-0.2, -0.15) is 0 Å². The average Bonchev–Trinajstić information content (AvgIpc) is 2.51. The summed E-state index contributed by atoms with van der Waals surface area (Å²) in [5.74, 6) is 0. The Morgan fingerprint density at radius 2 is 1.27 bits per heavy atom. The van der Waals surface area contributed by atoms with E-state index in [1.165, 1.54) is 70.6 Å². The van der Waals surface area contributed by atoms with Crippen molar-refractivity contribution in [1.29, 1.82) is 0 Å². The van der Waals surface area contributed by atoms with Crippen molar-refractivity contribution in [2.45, 2.75) is 90.9 Å². The van der Waals surface area contributed by atoms with E-state index in [0.29, 0.717) is 6.54 Å². The van der Waals surface area contributed by atoms with Crippen LogP contribution in [0.2, 0.25) is 0 Å². The number of hydrogen-bond donors (Lipinski definition) is 2. The lowest BCUT2D eigenvalue weighted by molar-refractivity contribution is 0.241. The normalized spacial score (nSPS) is 11.0. The van der Waals surface area contributed by atoms with Crippen molar-refractivity contribution in [3.05, 3.63) is 12.2 Å². The summed E-state index contributed by atoms with van der Waals surface area (Å²) < 4.78 is 0. The van der Waals surface area contributed by atoms with Crippen LogP contribution in [0.3, 0.4) is 0 Å². The number of carbonyl (C=O) groups excluding carboxylic acids is 1. The lowest BCUT2D eigenvalue weighted by Gasteiger charge is -2.05. The molecule has 0 aliphatic carbocycles. The fraction of sp³-hybridized carbons (Fsp3) is 0.842. The van der Waals surface area contributed by atoms with Gasteiger partial charge < -0.3 is 10.6 Å². The predicted molar refractivity (Wildman–Crippen MR) is 97.3 cm³/mol. The second kappa shape index (κ2) is 18.1. The van der Waals surface area contributed by atoms with Crippen LogP contribution in [0.5, 0.6) is 0 Å². The fourth-order valence-electron chi connectivity index (χ4n) is 2.44. The molecular weight excluding hydrogens is 272 g/mol. The molecular formula is C19H38N2O. The molecule has 0 aliphatic rings. The van der Waals surface area contributed by atoms with Gasteiger partial charge in [-0.05, 0) is 39.0 Å². The van der Waals surface area contributed by atoms with Crippen LogP contribution < -0.4 is 10.6 Å². The van der Waals surface area contributed by atoms with Crippen LogP contribution in [-0.4, -0.2) is 19.1 Å². The number of amides is 2. The Morgan fingerprint density at radius 3 is 1.86 bits per heavy atom. The summed E-state index contributed by atoms with van der Waals surface area (Å²) in [5.41, 5.74) is 0. The third-order valence-electron chi connectivity index (χ3n) is 3.81. The zero-order valence-electron chi connectivity index (χ0n) is 15.0. The van der Waals surface area contributed by atoms with Gasteiger partial charge in [-0.15, -0.1) is 0 Å². The second-order valence-corrected chi connectivity index (χ2v) is 6.02. The number of rotatable bonds is 15. The van der Waals surface area contributed by atoms with E-state index in [0.717, 1.165) is 13.0 Å². The minimum Gasteiger partial charge on any atom is -0.338 e. The molecule has 0 radical (unpaired) electrons. The van der Waals surface area contributed by atoms with Gasteiger partial charge in [0.15, 0.2) is 0 Å². The Balaban J connectivity index is 3.12. The van der Waals surface area contributed by atoms with Crippen LogP contribution in [0.1, 0.15) is 90.9 Å². The Morgan fingerprint density at radius 1 is 0.727 bits per heavy atom. The van der Waals surface area contributed by atoms with Crippen LogP contribution >= 0.6 is 0 Å². The summed E-state index contributed by atoms with van der Waals surface area (Å²) in [7, 11) is 0. The molecule has 0 saturated heterocycles. The molecule has 3 nitrogen and oxygen atoms in total. The molecule has 0 heterocycles. The van der Waals surface area contributed by atoms with Gasteiger partial charge in [-0.1, -0.05) is 64.0 Å². The van der Waals surface area contributed by atoms with Crippen molar-refractivity contribution in [3.8, 4) is 0 Å². The highest BCUT2D eigenvalue weighted by atomic mass is 16.2. The molecule has 130 valence electrons. The van der Waals surface area contributed by atoms with E-state index in [2.05, 4.69) is 29.7 Å². The number of urea groups is 1. The molecule has 2 N–H and O–H groups in total. The number of allylic oxidation sites excluding steroid dienone is 2. The molecule has 0 aromatic carbocycles. The van der Waals surface area contributed by atoms with Crippen LogP contribution in [0.15, 0.2) is 12.2 Å². The molecule has 0 rings (SSSR count). The highest BCUT2D eigenvalue weighted by Gasteiger charge is 1.96. The third kappa shape index (κ3) is 17.1. The van der Waals surface area contributed by atoms with E-state index in [1.807, 2.05) is 6.92 Å². The van der Waals surface area contributed by atoms with Crippen molar-refractivity contribution in [2.75, 3.05) is 13.1 Å². The van der Waals surface area contributed by atoms with Crippen LogP contribution in [0.4, 0.5) is 4.79 Å². The van der Waals surface area contributed by atoms with E-state index in [-0.39, 0.29) is 6.03 Å². The monoisotopic (exact) mass is 310 g/mol. The standard InChI is InChI=1S/C19H38N2O/c1-3-5-6-7-8-9-10-11-12-13-14-15-16-17-18-21-19(22)20-4-2/h10-11H,3-9,12-18H2,1-2H3,(H2,20,21,22)/b11-10-. The van der Waals surface area contributed by atoms with Gasteiger partial charge >= 0.3 is 6.03 Å². The third-order valence-corrected chi connectivity index (χ3v) is 3.81. The van der Waals surface area contributed by atoms with Crippen molar-refractivity contribution in [3.63, 3.8) is 0 Å². The van der Waals surface area contributed by atoms with E-state index in [9.17, 15) is 4.79 Å². The number of hydrogen-bond acceptors (Lipinski definition) is 1.